The van der Waals surface area contributed by atoms with E-state index >= 15 is 0 Å². The monoisotopic (exact) mass is 643 g/mol. The van der Waals surface area contributed by atoms with Crippen LogP contribution in [0.15, 0.2) is 71.6 Å². The molecule has 3 aromatic rings. The first kappa shape index (κ1) is 32.0. The van der Waals surface area contributed by atoms with Gasteiger partial charge in [-0.25, -0.2) is 8.42 Å². The topological polar surface area (TPSA) is 86.8 Å². The Balaban J connectivity index is 2.06. The molecule has 0 aliphatic heterocycles. The maximum Gasteiger partial charge on any atom is 0.264 e. The highest BCUT2D eigenvalue weighted by atomic mass is 35.5. The van der Waals surface area contributed by atoms with Gasteiger partial charge < -0.3 is 10.2 Å². The maximum absolute atomic E-state index is 13.9. The van der Waals surface area contributed by atoms with Crippen molar-refractivity contribution in [3.63, 3.8) is 0 Å². The predicted molar refractivity (Wildman–Crippen MR) is 162 cm³/mol. The van der Waals surface area contributed by atoms with Crippen LogP contribution < -0.4 is 9.62 Å². The lowest BCUT2D eigenvalue weighted by atomic mass is 10.1. The minimum Gasteiger partial charge on any atom is -0.354 e. The number of amides is 2. The number of rotatable bonds is 11. The highest BCUT2D eigenvalue weighted by molar-refractivity contribution is 7.92. The Kier molecular flexibility index (Phi) is 11.1. The average molecular weight is 645 g/mol. The van der Waals surface area contributed by atoms with E-state index in [-0.39, 0.29) is 33.1 Å². The van der Waals surface area contributed by atoms with E-state index in [4.69, 9.17) is 46.4 Å². The molecule has 214 valence electrons. The quantitative estimate of drug-likeness (QED) is 0.252. The van der Waals surface area contributed by atoms with Gasteiger partial charge in [-0.2, -0.15) is 0 Å². The SMILES string of the molecule is CC(C)CNC(=O)[C@H](C)N(Cc1ccc(Cl)cc1Cl)C(=O)CN(c1cc(Cl)cc(Cl)c1)S(=O)(=O)c1ccccc1. The number of halogens is 4. The molecule has 2 amide bonds. The Hall–Kier alpha value is -2.49. The molecule has 0 bridgehead atoms. The smallest absolute Gasteiger partial charge is 0.264 e. The third-order valence-corrected chi connectivity index (χ3v) is 8.76. The van der Waals surface area contributed by atoms with Crippen molar-refractivity contribution in [1.82, 2.24) is 10.2 Å². The molecule has 1 atom stereocenters. The molecule has 0 radical (unpaired) electrons. The summed E-state index contributed by atoms with van der Waals surface area (Å²) in [7, 11) is -4.25. The molecule has 0 saturated carbocycles. The van der Waals surface area contributed by atoms with Gasteiger partial charge in [0.1, 0.15) is 12.6 Å². The van der Waals surface area contributed by atoms with Crippen LogP contribution in [0.25, 0.3) is 0 Å². The molecule has 0 aromatic heterocycles. The molecule has 0 saturated heterocycles. The van der Waals surface area contributed by atoms with Gasteiger partial charge in [0.25, 0.3) is 10.0 Å². The van der Waals surface area contributed by atoms with Crippen LogP contribution in [0.4, 0.5) is 5.69 Å². The number of benzene rings is 3. The van der Waals surface area contributed by atoms with Gasteiger partial charge in [0, 0.05) is 33.2 Å². The van der Waals surface area contributed by atoms with Gasteiger partial charge in [-0.15, -0.1) is 0 Å². The lowest BCUT2D eigenvalue weighted by molar-refractivity contribution is -0.139. The normalized spacial score (nSPS) is 12.2. The number of nitrogens with one attached hydrogen (secondary N) is 1. The van der Waals surface area contributed by atoms with Crippen molar-refractivity contribution in [2.75, 3.05) is 17.4 Å². The molecule has 7 nitrogen and oxygen atoms in total. The van der Waals surface area contributed by atoms with E-state index in [1.54, 1.807) is 37.3 Å². The van der Waals surface area contributed by atoms with Gasteiger partial charge in [0.15, 0.2) is 0 Å². The van der Waals surface area contributed by atoms with Crippen LogP contribution >= 0.6 is 46.4 Å². The number of carbonyl (C=O) groups excluding carboxylic acids is 2. The lowest BCUT2D eigenvalue weighted by Crippen LogP contribution is -2.51. The molecule has 3 aromatic carbocycles. The lowest BCUT2D eigenvalue weighted by Gasteiger charge is -2.32. The Morgan fingerprint density at radius 2 is 1.48 bits per heavy atom. The van der Waals surface area contributed by atoms with Crippen molar-refractivity contribution >= 4 is 73.9 Å². The zero-order valence-corrected chi connectivity index (χ0v) is 25.9. The summed E-state index contributed by atoms with van der Waals surface area (Å²) >= 11 is 24.8. The Bertz CT molecular complexity index is 1450. The predicted octanol–water partition coefficient (Wildman–Crippen LogP) is 6.69. The summed E-state index contributed by atoms with van der Waals surface area (Å²) in [6.07, 6.45) is 0. The molecule has 0 aliphatic carbocycles. The first-order valence-electron chi connectivity index (χ1n) is 12.3. The molecule has 0 aliphatic rings. The average Bonchev–Trinajstić information content (AvgIpc) is 2.89. The summed E-state index contributed by atoms with van der Waals surface area (Å²) in [5.74, 6) is -0.852. The zero-order chi connectivity index (χ0) is 29.6. The van der Waals surface area contributed by atoms with Crippen LogP contribution in [0.5, 0.6) is 0 Å². The van der Waals surface area contributed by atoms with Crippen molar-refractivity contribution in [1.29, 1.82) is 0 Å². The van der Waals surface area contributed by atoms with Crippen molar-refractivity contribution in [2.24, 2.45) is 5.92 Å². The highest BCUT2D eigenvalue weighted by Gasteiger charge is 2.33. The number of hydrogen-bond donors (Lipinski definition) is 1. The zero-order valence-electron chi connectivity index (χ0n) is 22.1. The Labute approximate surface area is 255 Å². The number of anilines is 1. The van der Waals surface area contributed by atoms with Crippen molar-refractivity contribution in [3.05, 3.63) is 92.4 Å². The molecule has 0 heterocycles. The van der Waals surface area contributed by atoms with Gasteiger partial charge in [0.05, 0.1) is 10.6 Å². The fourth-order valence-corrected chi connectivity index (χ4v) is 6.20. The van der Waals surface area contributed by atoms with E-state index in [0.29, 0.717) is 22.2 Å². The molecular weight excluding hydrogens is 616 g/mol. The van der Waals surface area contributed by atoms with Crippen LogP contribution in [0.1, 0.15) is 26.3 Å². The third kappa shape index (κ3) is 8.27. The second-order valence-electron chi connectivity index (χ2n) is 9.52. The van der Waals surface area contributed by atoms with E-state index in [1.807, 2.05) is 13.8 Å². The van der Waals surface area contributed by atoms with Crippen LogP contribution in [0.3, 0.4) is 0 Å². The van der Waals surface area contributed by atoms with Gasteiger partial charge in [-0.3, -0.25) is 13.9 Å². The minimum absolute atomic E-state index is 0.0334. The van der Waals surface area contributed by atoms with Gasteiger partial charge >= 0.3 is 0 Å². The first-order chi connectivity index (χ1) is 18.8. The van der Waals surface area contributed by atoms with E-state index in [1.165, 1.54) is 41.3 Å². The van der Waals surface area contributed by atoms with E-state index in [2.05, 4.69) is 5.32 Å². The number of hydrogen-bond acceptors (Lipinski definition) is 4. The van der Waals surface area contributed by atoms with Crippen molar-refractivity contribution in [2.45, 2.75) is 38.3 Å². The van der Waals surface area contributed by atoms with Crippen LogP contribution in [-0.4, -0.2) is 44.3 Å². The molecule has 0 fully saturated rings. The summed E-state index contributed by atoms with van der Waals surface area (Å²) < 4.78 is 28.5. The van der Waals surface area contributed by atoms with Crippen molar-refractivity contribution < 1.29 is 18.0 Å². The summed E-state index contributed by atoms with van der Waals surface area (Å²) in [4.78, 5) is 28.3. The molecule has 0 spiro atoms. The highest BCUT2D eigenvalue weighted by Crippen LogP contribution is 2.30. The fourth-order valence-electron chi connectivity index (χ4n) is 3.80. The van der Waals surface area contributed by atoms with Gasteiger partial charge in [0.2, 0.25) is 11.8 Å². The molecular formula is C28H29Cl4N3O4S. The molecule has 1 N–H and O–H groups in total. The second-order valence-corrected chi connectivity index (χ2v) is 13.1. The molecule has 40 heavy (non-hydrogen) atoms. The standard InChI is InChI=1S/C28H29Cl4N3O4S/c1-18(2)15-33-28(37)19(3)34(16-20-9-10-21(29)14-26(20)32)27(36)17-35(24-12-22(30)11-23(31)13-24)40(38,39)25-7-5-4-6-8-25/h4-14,18-19H,15-17H2,1-3H3,(H,33,37)/t19-/m0/s1. The van der Waals surface area contributed by atoms with E-state index in [0.717, 1.165) is 4.31 Å². The minimum atomic E-state index is -4.25. The summed E-state index contributed by atoms with van der Waals surface area (Å²) in [6, 6.07) is 15.8. The molecule has 3 rings (SSSR count). The third-order valence-electron chi connectivity index (χ3n) is 5.95. The number of nitrogens with zero attached hydrogens (tertiary/aromatic N) is 2. The largest absolute Gasteiger partial charge is 0.354 e. The molecule has 0 unspecified atom stereocenters. The van der Waals surface area contributed by atoms with Crippen LogP contribution in [-0.2, 0) is 26.2 Å². The maximum atomic E-state index is 13.9. The Morgan fingerprint density at radius 1 is 0.850 bits per heavy atom. The molecule has 12 heteroatoms. The van der Waals surface area contributed by atoms with Crippen molar-refractivity contribution in [3.8, 4) is 0 Å². The first-order valence-corrected chi connectivity index (χ1v) is 15.3. The second kappa shape index (κ2) is 13.9. The van der Waals surface area contributed by atoms with Crippen LogP contribution in [0.2, 0.25) is 20.1 Å². The summed E-state index contributed by atoms with van der Waals surface area (Å²) in [5, 5.41) is 3.92. The van der Waals surface area contributed by atoms with Gasteiger partial charge in [-0.1, -0.05) is 84.5 Å². The van der Waals surface area contributed by atoms with Gasteiger partial charge in [-0.05, 0) is 60.9 Å². The number of carbonyl (C=O) groups is 2. The summed E-state index contributed by atoms with van der Waals surface area (Å²) in [5.41, 5.74) is 0.627. The Morgan fingerprint density at radius 3 is 2.05 bits per heavy atom. The van der Waals surface area contributed by atoms with E-state index < -0.39 is 34.4 Å². The van der Waals surface area contributed by atoms with Crippen LogP contribution in [0, 0.1) is 5.92 Å². The number of sulfonamides is 1. The van der Waals surface area contributed by atoms with E-state index in [9.17, 15) is 18.0 Å². The summed E-state index contributed by atoms with van der Waals surface area (Å²) in [6.45, 7) is 5.17. The fraction of sp³-hybridized carbons (Fsp3) is 0.286.